The molecule has 4 heteroatoms. The van der Waals surface area contributed by atoms with E-state index in [1.807, 2.05) is 34.9 Å². The maximum Gasteiger partial charge on any atom is 0.131 e. The van der Waals surface area contributed by atoms with Gasteiger partial charge in [-0.2, -0.15) is 0 Å². The molecule has 0 radical (unpaired) electrons. The topological polar surface area (TPSA) is 38.0 Å². The first-order valence-electron chi connectivity index (χ1n) is 11.4. The Hall–Kier alpha value is -3.53. The second kappa shape index (κ2) is 9.14. The first kappa shape index (κ1) is 22.7. The highest BCUT2D eigenvalue weighted by Gasteiger charge is 2.16. The van der Waals surface area contributed by atoms with Crippen LogP contribution in [0, 0.1) is 27.7 Å². The summed E-state index contributed by atoms with van der Waals surface area (Å²) in [6, 6.07) is 19.1. The molecule has 4 rings (SSSR count). The monoisotopic (exact) mass is 440 g/mol. The molecule has 0 spiro atoms. The van der Waals surface area contributed by atoms with Crippen LogP contribution in [0.25, 0.3) is 21.9 Å². The van der Waals surface area contributed by atoms with Gasteiger partial charge in [-0.15, -0.1) is 0 Å². The van der Waals surface area contributed by atoms with Crippen molar-refractivity contribution in [1.82, 2.24) is 0 Å². The van der Waals surface area contributed by atoms with Crippen molar-refractivity contribution in [3.8, 4) is 16.9 Å². The van der Waals surface area contributed by atoms with E-state index < -0.39 is 0 Å². The Balaban J connectivity index is 2.07. The second-order valence-corrected chi connectivity index (χ2v) is 8.71. The van der Waals surface area contributed by atoms with Crippen LogP contribution < -0.4 is 15.0 Å². The normalized spacial score (nSPS) is 11.8. The van der Waals surface area contributed by atoms with Crippen LogP contribution in [-0.2, 0) is 0 Å². The minimum absolute atomic E-state index is 0.575. The van der Waals surface area contributed by atoms with Gasteiger partial charge >= 0.3 is 0 Å². The Kier molecular flexibility index (Phi) is 6.28. The number of nitrogens with zero attached hydrogens (tertiary/aromatic N) is 2. The molecule has 0 aliphatic heterocycles. The Morgan fingerprint density at radius 2 is 1.48 bits per heavy atom. The van der Waals surface area contributed by atoms with Crippen LogP contribution in [0.15, 0.2) is 64.0 Å². The summed E-state index contributed by atoms with van der Waals surface area (Å²) in [6.07, 6.45) is 0. The highest BCUT2D eigenvalue weighted by Crippen LogP contribution is 2.34. The molecule has 0 N–H and O–H groups in total. The summed E-state index contributed by atoms with van der Waals surface area (Å²) in [6.45, 7) is 10.8. The largest absolute Gasteiger partial charge is 0.493 e. The van der Waals surface area contributed by atoms with Gasteiger partial charge in [-0.25, -0.2) is 4.99 Å². The van der Waals surface area contributed by atoms with Crippen molar-refractivity contribution in [1.29, 1.82) is 0 Å². The Morgan fingerprint density at radius 3 is 2.12 bits per heavy atom. The van der Waals surface area contributed by atoms with E-state index in [9.17, 15) is 0 Å². The van der Waals surface area contributed by atoms with Gasteiger partial charge in [0.2, 0.25) is 0 Å². The van der Waals surface area contributed by atoms with Crippen LogP contribution in [0.4, 0.5) is 11.4 Å². The quantitative estimate of drug-likeness (QED) is 0.334. The first-order chi connectivity index (χ1) is 15.8. The first-order valence-corrected chi connectivity index (χ1v) is 11.4. The Bertz CT molecular complexity index is 1380. The molecular weight excluding hydrogens is 408 g/mol. The summed E-state index contributed by atoms with van der Waals surface area (Å²) in [5, 5.41) is 2.85. The Morgan fingerprint density at radius 1 is 0.788 bits per heavy atom. The van der Waals surface area contributed by atoms with Crippen LogP contribution in [0.1, 0.15) is 29.6 Å². The molecule has 0 fully saturated rings. The summed E-state index contributed by atoms with van der Waals surface area (Å²) in [4.78, 5) is 7.20. The molecule has 0 saturated heterocycles. The molecule has 0 aliphatic carbocycles. The van der Waals surface area contributed by atoms with E-state index in [1.54, 1.807) is 0 Å². The molecule has 0 saturated carbocycles. The average Bonchev–Trinajstić information content (AvgIpc) is 2.97. The molecule has 4 aromatic rings. The van der Waals surface area contributed by atoms with E-state index in [2.05, 4.69) is 73.3 Å². The predicted molar refractivity (Wildman–Crippen MR) is 138 cm³/mol. The molecule has 3 aromatic carbocycles. The van der Waals surface area contributed by atoms with Gasteiger partial charge in [-0.1, -0.05) is 18.2 Å². The zero-order valence-corrected chi connectivity index (χ0v) is 20.6. The van der Waals surface area contributed by atoms with E-state index in [1.165, 1.54) is 11.1 Å². The van der Waals surface area contributed by atoms with E-state index in [4.69, 9.17) is 14.1 Å². The highest BCUT2D eigenvalue weighted by atomic mass is 16.5. The van der Waals surface area contributed by atoms with Crippen molar-refractivity contribution in [3.05, 3.63) is 82.6 Å². The lowest BCUT2D eigenvalue weighted by molar-refractivity contribution is 0.344. The number of anilines is 1. The lowest BCUT2D eigenvalue weighted by atomic mass is 10.1. The summed E-state index contributed by atoms with van der Waals surface area (Å²) < 4.78 is 12.2. The third-order valence-electron chi connectivity index (χ3n) is 6.10. The minimum atomic E-state index is 0.575. The maximum atomic E-state index is 6.13. The highest BCUT2D eigenvalue weighted by molar-refractivity contribution is 5.93. The molecular formula is C29H32N2O2. The molecule has 33 heavy (non-hydrogen) atoms. The molecule has 0 unspecified atom stereocenters. The SMILES string of the molecule is CCOc1cc(-c2ccc(N(C)C)cc2)cc(=Nc2ccc(C)c(C)c2)c2c(C)oc(C)c12. The molecule has 0 bridgehead atoms. The summed E-state index contributed by atoms with van der Waals surface area (Å²) in [5.41, 5.74) is 6.74. The minimum Gasteiger partial charge on any atom is -0.493 e. The van der Waals surface area contributed by atoms with Crippen molar-refractivity contribution in [2.75, 3.05) is 25.6 Å². The van der Waals surface area contributed by atoms with Gasteiger partial charge in [0, 0.05) is 19.8 Å². The van der Waals surface area contributed by atoms with Crippen molar-refractivity contribution in [2.45, 2.75) is 34.6 Å². The molecule has 1 aromatic heterocycles. The van der Waals surface area contributed by atoms with Crippen molar-refractivity contribution in [2.24, 2.45) is 4.99 Å². The van der Waals surface area contributed by atoms with Crippen LogP contribution in [-0.4, -0.2) is 20.7 Å². The summed E-state index contributed by atoms with van der Waals surface area (Å²) in [7, 11) is 4.10. The van der Waals surface area contributed by atoms with Gasteiger partial charge < -0.3 is 14.1 Å². The number of rotatable bonds is 5. The molecule has 0 aliphatic rings. The zero-order valence-electron chi connectivity index (χ0n) is 20.6. The molecule has 170 valence electrons. The van der Waals surface area contributed by atoms with Crippen LogP contribution in [0.5, 0.6) is 5.75 Å². The van der Waals surface area contributed by atoms with Gasteiger partial charge in [-0.3, -0.25) is 0 Å². The van der Waals surface area contributed by atoms with Crippen molar-refractivity contribution in [3.63, 3.8) is 0 Å². The standard InChI is InChI=1S/C29H32N2O2/c1-8-32-27-17-23(22-10-13-25(14-11-22)31(6)7)16-26(28-20(4)33-21(5)29(27)28)30-24-12-9-18(2)19(3)15-24/h9-17H,8H2,1-7H3. The smallest absolute Gasteiger partial charge is 0.131 e. The lowest BCUT2D eigenvalue weighted by Gasteiger charge is -2.12. The third kappa shape index (κ3) is 4.51. The molecule has 0 atom stereocenters. The number of benzene rings is 2. The van der Waals surface area contributed by atoms with Gasteiger partial charge in [-0.05, 0) is 93.3 Å². The molecule has 0 amide bonds. The Labute approximate surface area is 196 Å². The van der Waals surface area contributed by atoms with Crippen molar-refractivity contribution < 1.29 is 9.15 Å². The van der Waals surface area contributed by atoms with Gasteiger partial charge in [0.15, 0.2) is 0 Å². The average molecular weight is 441 g/mol. The fraction of sp³-hybridized carbons (Fsp3) is 0.276. The number of fused-ring (bicyclic) bond motifs is 1. The van der Waals surface area contributed by atoms with E-state index in [0.29, 0.717) is 6.61 Å². The van der Waals surface area contributed by atoms with Crippen molar-refractivity contribution >= 4 is 22.1 Å². The maximum absolute atomic E-state index is 6.13. The zero-order chi connectivity index (χ0) is 23.7. The third-order valence-corrected chi connectivity index (χ3v) is 6.10. The second-order valence-electron chi connectivity index (χ2n) is 8.71. The summed E-state index contributed by atoms with van der Waals surface area (Å²) >= 11 is 0. The molecule has 4 nitrogen and oxygen atoms in total. The fourth-order valence-corrected chi connectivity index (χ4v) is 4.17. The van der Waals surface area contributed by atoms with E-state index >= 15 is 0 Å². The van der Waals surface area contributed by atoms with Gasteiger partial charge in [0.25, 0.3) is 0 Å². The number of ether oxygens (including phenoxy) is 1. The molecule has 1 heterocycles. The summed E-state index contributed by atoms with van der Waals surface area (Å²) in [5.74, 6) is 2.50. The lowest BCUT2D eigenvalue weighted by Crippen LogP contribution is -2.07. The number of aryl methyl sites for hydroxylation is 4. The van der Waals surface area contributed by atoms with Gasteiger partial charge in [0.1, 0.15) is 17.3 Å². The van der Waals surface area contributed by atoms with E-state index in [-0.39, 0.29) is 0 Å². The van der Waals surface area contributed by atoms with E-state index in [0.717, 1.165) is 55.9 Å². The number of furan rings is 1. The van der Waals surface area contributed by atoms with Gasteiger partial charge in [0.05, 0.1) is 28.4 Å². The number of hydrogen-bond donors (Lipinski definition) is 0. The fourth-order valence-electron chi connectivity index (χ4n) is 4.17. The predicted octanol–water partition coefficient (Wildman–Crippen LogP) is 7.03. The van der Waals surface area contributed by atoms with Crippen LogP contribution >= 0.6 is 0 Å². The van der Waals surface area contributed by atoms with Crippen LogP contribution in [0.3, 0.4) is 0 Å². The number of hydrogen-bond acceptors (Lipinski definition) is 4. The van der Waals surface area contributed by atoms with Crippen LogP contribution in [0.2, 0.25) is 0 Å².